The van der Waals surface area contributed by atoms with Gasteiger partial charge >= 0.3 is 0 Å². The molecule has 1 aliphatic rings. The van der Waals surface area contributed by atoms with E-state index in [2.05, 4.69) is 20.5 Å². The van der Waals surface area contributed by atoms with Gasteiger partial charge in [-0.25, -0.2) is 18.3 Å². The van der Waals surface area contributed by atoms with E-state index in [0.717, 1.165) is 22.3 Å². The third-order valence-electron chi connectivity index (χ3n) is 5.57. The molecule has 31 heavy (non-hydrogen) atoms. The van der Waals surface area contributed by atoms with Crippen LogP contribution in [-0.2, 0) is 7.05 Å². The van der Waals surface area contributed by atoms with Crippen molar-refractivity contribution in [3.63, 3.8) is 0 Å². The Bertz CT molecular complexity index is 1280. The van der Waals surface area contributed by atoms with Crippen LogP contribution in [0.15, 0.2) is 55.2 Å². The number of hydrogen-bond donors (Lipinski definition) is 1. The largest absolute Gasteiger partial charge is 0.349 e. The predicted molar refractivity (Wildman–Crippen MR) is 111 cm³/mol. The molecule has 0 radical (unpaired) electrons. The number of aromatic nitrogens is 5. The smallest absolute Gasteiger partial charge is 0.251 e. The summed E-state index contributed by atoms with van der Waals surface area (Å²) in [5.74, 6) is -3.05. The van der Waals surface area contributed by atoms with E-state index < -0.39 is 12.0 Å². The zero-order valence-corrected chi connectivity index (χ0v) is 16.8. The van der Waals surface area contributed by atoms with Crippen LogP contribution >= 0.6 is 0 Å². The number of alkyl halides is 2. The Balaban J connectivity index is 1.41. The number of amides is 1. The first kappa shape index (κ1) is 19.3. The highest BCUT2D eigenvalue weighted by molar-refractivity contribution is 5.96. The molecule has 1 aromatic carbocycles. The number of nitrogens with zero attached hydrogens (tertiary/aromatic N) is 5. The molecule has 0 saturated heterocycles. The van der Waals surface area contributed by atoms with Crippen LogP contribution in [0.2, 0.25) is 0 Å². The summed E-state index contributed by atoms with van der Waals surface area (Å²) in [7, 11) is 1.85. The Morgan fingerprint density at radius 2 is 1.97 bits per heavy atom. The molecule has 3 heterocycles. The molecule has 3 aromatic heterocycles. The molecule has 1 unspecified atom stereocenters. The van der Waals surface area contributed by atoms with Gasteiger partial charge in [0, 0.05) is 66.8 Å². The lowest BCUT2D eigenvalue weighted by atomic mass is 10.0. The zero-order valence-electron chi connectivity index (χ0n) is 16.8. The van der Waals surface area contributed by atoms with Crippen LogP contribution in [0, 0.1) is 0 Å². The first-order chi connectivity index (χ1) is 14.9. The molecule has 0 bridgehead atoms. The fraction of sp³-hybridized carbons (Fsp3) is 0.273. The number of fused-ring (bicyclic) bond motifs is 1. The van der Waals surface area contributed by atoms with E-state index in [9.17, 15) is 13.6 Å². The van der Waals surface area contributed by atoms with Crippen LogP contribution in [0.1, 0.15) is 29.6 Å². The van der Waals surface area contributed by atoms with Gasteiger partial charge in [-0.3, -0.25) is 9.48 Å². The number of aryl methyl sites for hydroxylation is 1. The molecule has 9 heteroatoms. The lowest BCUT2D eigenvalue weighted by Gasteiger charge is -2.13. The quantitative estimate of drug-likeness (QED) is 0.544. The predicted octanol–water partition coefficient (Wildman–Crippen LogP) is 3.71. The maximum Gasteiger partial charge on any atom is 0.251 e. The van der Waals surface area contributed by atoms with E-state index in [0.29, 0.717) is 11.2 Å². The lowest BCUT2D eigenvalue weighted by molar-refractivity contribution is 0.00711. The van der Waals surface area contributed by atoms with Gasteiger partial charge in [0.05, 0.1) is 12.4 Å². The summed E-state index contributed by atoms with van der Waals surface area (Å²) in [6.07, 6.45) is 8.78. The summed E-state index contributed by atoms with van der Waals surface area (Å²) in [5, 5.41) is 11.3. The first-order valence-electron chi connectivity index (χ1n) is 9.99. The second kappa shape index (κ2) is 7.26. The number of rotatable bonds is 4. The van der Waals surface area contributed by atoms with Crippen molar-refractivity contribution < 1.29 is 13.6 Å². The Morgan fingerprint density at radius 3 is 2.71 bits per heavy atom. The SMILES string of the molecule is Cn1cc(-c2cnc3c(-c4cccc(C(=O)NC5CCC(F)(F)C5)c4)cnn3c2)cn1. The van der Waals surface area contributed by atoms with Crippen LogP contribution in [0.25, 0.3) is 27.9 Å². The van der Waals surface area contributed by atoms with Crippen molar-refractivity contribution >= 4 is 11.6 Å². The maximum absolute atomic E-state index is 13.4. The van der Waals surface area contributed by atoms with Crippen molar-refractivity contribution in [3.8, 4) is 22.3 Å². The summed E-state index contributed by atoms with van der Waals surface area (Å²) in [5.41, 5.74) is 4.45. The zero-order chi connectivity index (χ0) is 21.6. The number of halogens is 2. The molecule has 1 amide bonds. The highest BCUT2D eigenvalue weighted by atomic mass is 19.3. The molecule has 1 saturated carbocycles. The standard InChI is InChI=1S/C22H20F2N6O/c1-29-12-17(10-26-29)16-9-25-20-19(11-27-30(20)13-16)14-3-2-4-15(7-14)21(31)28-18-5-6-22(23,24)8-18/h2-4,7,9-13,18H,5-6,8H2,1H3,(H,28,31). The van der Waals surface area contributed by atoms with Gasteiger partial charge in [-0.2, -0.15) is 10.2 Å². The molecular formula is C22H20F2N6O. The summed E-state index contributed by atoms with van der Waals surface area (Å²) < 4.78 is 30.2. The topological polar surface area (TPSA) is 77.1 Å². The van der Waals surface area contributed by atoms with Gasteiger partial charge in [-0.05, 0) is 24.1 Å². The minimum Gasteiger partial charge on any atom is -0.349 e. The van der Waals surface area contributed by atoms with E-state index in [1.165, 1.54) is 0 Å². The normalized spacial score (nSPS) is 17.8. The van der Waals surface area contributed by atoms with Gasteiger partial charge in [-0.1, -0.05) is 12.1 Å². The number of hydrogen-bond acceptors (Lipinski definition) is 4. The van der Waals surface area contributed by atoms with E-state index in [1.54, 1.807) is 46.0 Å². The summed E-state index contributed by atoms with van der Waals surface area (Å²) in [6.45, 7) is 0. The van der Waals surface area contributed by atoms with Crippen molar-refractivity contribution in [3.05, 3.63) is 60.8 Å². The lowest BCUT2D eigenvalue weighted by Crippen LogP contribution is -2.33. The molecular weight excluding hydrogens is 402 g/mol. The second-order valence-electron chi connectivity index (χ2n) is 7.92. The summed E-state index contributed by atoms with van der Waals surface area (Å²) in [4.78, 5) is 17.2. The first-order valence-corrected chi connectivity index (χ1v) is 9.99. The van der Waals surface area contributed by atoms with Crippen molar-refractivity contribution in [2.45, 2.75) is 31.2 Å². The number of carbonyl (C=O) groups is 1. The number of carbonyl (C=O) groups excluding carboxylic acids is 1. The van der Waals surface area contributed by atoms with Gasteiger partial charge in [0.25, 0.3) is 5.91 Å². The average molecular weight is 422 g/mol. The van der Waals surface area contributed by atoms with Crippen LogP contribution < -0.4 is 5.32 Å². The average Bonchev–Trinajstić information content (AvgIpc) is 3.45. The second-order valence-corrected chi connectivity index (χ2v) is 7.92. The molecule has 4 aromatic rings. The van der Waals surface area contributed by atoms with Crippen LogP contribution in [0.3, 0.4) is 0 Å². The minimum absolute atomic E-state index is 0.187. The van der Waals surface area contributed by atoms with E-state index in [-0.39, 0.29) is 25.2 Å². The Hall–Kier alpha value is -3.62. The number of benzene rings is 1. The van der Waals surface area contributed by atoms with Crippen molar-refractivity contribution in [2.75, 3.05) is 0 Å². The van der Waals surface area contributed by atoms with Crippen LogP contribution in [0.5, 0.6) is 0 Å². The van der Waals surface area contributed by atoms with Crippen LogP contribution in [-0.4, -0.2) is 42.3 Å². The molecule has 1 aliphatic carbocycles. The van der Waals surface area contributed by atoms with Gasteiger partial charge in [0.1, 0.15) is 0 Å². The van der Waals surface area contributed by atoms with Crippen molar-refractivity contribution in [1.29, 1.82) is 0 Å². The molecule has 158 valence electrons. The maximum atomic E-state index is 13.4. The number of nitrogens with one attached hydrogen (secondary N) is 1. The molecule has 0 aliphatic heterocycles. The Kier molecular flexibility index (Phi) is 4.53. The molecule has 1 N–H and O–H groups in total. The summed E-state index contributed by atoms with van der Waals surface area (Å²) in [6, 6.07) is 6.53. The van der Waals surface area contributed by atoms with Crippen molar-refractivity contribution in [1.82, 2.24) is 29.7 Å². The molecule has 1 atom stereocenters. The Morgan fingerprint density at radius 1 is 1.13 bits per heavy atom. The third-order valence-corrected chi connectivity index (χ3v) is 5.57. The highest BCUT2D eigenvalue weighted by Crippen LogP contribution is 2.35. The Labute approximate surface area is 176 Å². The van der Waals surface area contributed by atoms with Gasteiger partial charge in [0.15, 0.2) is 5.65 Å². The molecule has 7 nitrogen and oxygen atoms in total. The molecule has 5 rings (SSSR count). The molecule has 1 fully saturated rings. The fourth-order valence-electron chi connectivity index (χ4n) is 3.97. The van der Waals surface area contributed by atoms with E-state index >= 15 is 0 Å². The summed E-state index contributed by atoms with van der Waals surface area (Å²) >= 11 is 0. The van der Waals surface area contributed by atoms with Gasteiger partial charge < -0.3 is 5.32 Å². The third kappa shape index (κ3) is 3.78. The molecule has 0 spiro atoms. The van der Waals surface area contributed by atoms with Crippen molar-refractivity contribution in [2.24, 2.45) is 7.05 Å². The monoisotopic (exact) mass is 422 g/mol. The minimum atomic E-state index is -2.70. The van der Waals surface area contributed by atoms with Gasteiger partial charge in [-0.15, -0.1) is 0 Å². The fourth-order valence-corrected chi connectivity index (χ4v) is 3.97. The highest BCUT2D eigenvalue weighted by Gasteiger charge is 2.40. The van der Waals surface area contributed by atoms with Crippen LogP contribution in [0.4, 0.5) is 8.78 Å². The van der Waals surface area contributed by atoms with E-state index in [4.69, 9.17) is 0 Å². The van der Waals surface area contributed by atoms with Gasteiger partial charge in [0.2, 0.25) is 5.92 Å². The van der Waals surface area contributed by atoms with E-state index in [1.807, 2.05) is 25.5 Å².